The molecule has 3 N–H and O–H groups in total. The van der Waals surface area contributed by atoms with Gasteiger partial charge in [0.1, 0.15) is 0 Å². The number of ether oxygens (including phenoxy) is 1. The zero-order valence-electron chi connectivity index (χ0n) is 18.8. The first-order chi connectivity index (χ1) is 14.9. The number of hydrogen-bond donors (Lipinski definition) is 3. The Morgan fingerprint density at radius 1 is 1.09 bits per heavy atom. The smallest absolute Gasteiger partial charge is 0.240 e. The van der Waals surface area contributed by atoms with Gasteiger partial charge in [-0.25, -0.2) is 13.1 Å². The number of guanidine groups is 1. The molecule has 1 aliphatic rings. The third kappa shape index (κ3) is 7.16. The molecule has 0 amide bonds. The number of rotatable bonds is 7. The van der Waals surface area contributed by atoms with Crippen molar-refractivity contribution < 1.29 is 13.2 Å². The van der Waals surface area contributed by atoms with E-state index in [-0.39, 0.29) is 35.0 Å². The van der Waals surface area contributed by atoms with Crippen molar-refractivity contribution in [3.05, 3.63) is 65.2 Å². The number of aryl methyl sites for hydroxylation is 1. The Morgan fingerprint density at radius 3 is 2.41 bits per heavy atom. The molecule has 1 aliphatic heterocycles. The van der Waals surface area contributed by atoms with Crippen molar-refractivity contribution in [2.24, 2.45) is 10.9 Å². The van der Waals surface area contributed by atoms with Crippen LogP contribution in [0.2, 0.25) is 0 Å². The van der Waals surface area contributed by atoms with Crippen LogP contribution < -0.4 is 15.4 Å². The summed E-state index contributed by atoms with van der Waals surface area (Å²) < 4.78 is 32.1. The van der Waals surface area contributed by atoms with Crippen LogP contribution in [0, 0.1) is 12.8 Å². The monoisotopic (exact) mass is 572 g/mol. The van der Waals surface area contributed by atoms with Crippen molar-refractivity contribution >= 4 is 40.0 Å². The lowest BCUT2D eigenvalue weighted by Crippen LogP contribution is -2.41. The maximum atomic E-state index is 11.8. The SMILES string of the molecule is CN=C(NCc1ccc(S(=O)(=O)NC)cc1)NCC1CCCOC1c1ccc(C)cc1.I. The fraction of sp³-hybridized carbons (Fsp3) is 0.435. The summed E-state index contributed by atoms with van der Waals surface area (Å²) in [5, 5.41) is 6.71. The van der Waals surface area contributed by atoms with Crippen LogP contribution in [0.5, 0.6) is 0 Å². The van der Waals surface area contributed by atoms with Crippen LogP contribution in [0.3, 0.4) is 0 Å². The number of nitrogens with zero attached hydrogens (tertiary/aromatic N) is 1. The molecule has 7 nitrogen and oxygen atoms in total. The van der Waals surface area contributed by atoms with Crippen LogP contribution in [0.15, 0.2) is 58.4 Å². The molecule has 2 aromatic carbocycles. The Morgan fingerprint density at radius 2 is 1.78 bits per heavy atom. The van der Waals surface area contributed by atoms with Gasteiger partial charge in [-0.15, -0.1) is 24.0 Å². The number of halogens is 1. The normalized spacial score (nSPS) is 19.2. The highest BCUT2D eigenvalue weighted by molar-refractivity contribution is 14.0. The zero-order valence-corrected chi connectivity index (χ0v) is 21.9. The molecule has 1 fully saturated rings. The fourth-order valence-corrected chi connectivity index (χ4v) is 4.45. The van der Waals surface area contributed by atoms with Crippen molar-refractivity contribution in [1.29, 1.82) is 0 Å². The first kappa shape index (κ1) is 26.6. The van der Waals surface area contributed by atoms with E-state index >= 15 is 0 Å². The van der Waals surface area contributed by atoms with E-state index in [0.29, 0.717) is 18.4 Å². The highest BCUT2D eigenvalue weighted by Gasteiger charge is 2.27. The molecule has 0 bridgehead atoms. The Labute approximate surface area is 208 Å². The van der Waals surface area contributed by atoms with Crippen LogP contribution in [0.4, 0.5) is 0 Å². The number of benzene rings is 2. The Hall–Kier alpha value is -1.69. The average Bonchev–Trinajstić information content (AvgIpc) is 2.80. The minimum atomic E-state index is -3.42. The summed E-state index contributed by atoms with van der Waals surface area (Å²) in [5.74, 6) is 1.07. The second-order valence-corrected chi connectivity index (χ2v) is 9.65. The van der Waals surface area contributed by atoms with E-state index < -0.39 is 10.0 Å². The zero-order chi connectivity index (χ0) is 22.3. The molecule has 9 heteroatoms. The van der Waals surface area contributed by atoms with Crippen LogP contribution in [-0.2, 0) is 21.3 Å². The van der Waals surface area contributed by atoms with Crippen LogP contribution >= 0.6 is 24.0 Å². The van der Waals surface area contributed by atoms with Crippen LogP contribution in [0.1, 0.15) is 35.6 Å². The fourth-order valence-electron chi connectivity index (χ4n) is 3.72. The maximum absolute atomic E-state index is 11.8. The van der Waals surface area contributed by atoms with E-state index in [1.165, 1.54) is 18.2 Å². The van der Waals surface area contributed by atoms with Crippen molar-refractivity contribution in [3.8, 4) is 0 Å². The molecule has 32 heavy (non-hydrogen) atoms. The molecule has 0 aromatic heterocycles. The molecule has 0 saturated carbocycles. The second-order valence-electron chi connectivity index (χ2n) is 7.76. The molecule has 2 unspecified atom stereocenters. The Balaban J connectivity index is 0.00000363. The maximum Gasteiger partial charge on any atom is 0.240 e. The summed E-state index contributed by atoms with van der Waals surface area (Å²) in [5.41, 5.74) is 3.43. The number of aliphatic imine (C=N–C) groups is 1. The van der Waals surface area contributed by atoms with E-state index in [1.807, 2.05) is 0 Å². The van der Waals surface area contributed by atoms with Crippen molar-refractivity contribution in [2.45, 2.75) is 37.3 Å². The third-order valence-electron chi connectivity index (χ3n) is 5.57. The molecule has 1 heterocycles. The highest BCUT2D eigenvalue weighted by Crippen LogP contribution is 2.33. The molecule has 1 saturated heterocycles. The molecular formula is C23H33IN4O3S. The minimum absolute atomic E-state index is 0. The van der Waals surface area contributed by atoms with E-state index in [2.05, 4.69) is 51.5 Å². The Kier molecular flexibility index (Phi) is 10.4. The summed E-state index contributed by atoms with van der Waals surface area (Å²) in [6.45, 7) is 4.19. The molecule has 0 radical (unpaired) electrons. The van der Waals surface area contributed by atoms with E-state index in [0.717, 1.165) is 31.6 Å². The van der Waals surface area contributed by atoms with Crippen molar-refractivity contribution in [1.82, 2.24) is 15.4 Å². The number of sulfonamides is 1. The van der Waals surface area contributed by atoms with Crippen LogP contribution in [0.25, 0.3) is 0 Å². The first-order valence-corrected chi connectivity index (χ1v) is 12.1. The van der Waals surface area contributed by atoms with Crippen molar-refractivity contribution in [2.75, 3.05) is 27.2 Å². The Bertz CT molecular complexity index is 979. The predicted octanol–water partition coefficient (Wildman–Crippen LogP) is 3.35. The molecule has 176 valence electrons. The second kappa shape index (κ2) is 12.5. The topological polar surface area (TPSA) is 91.8 Å². The van der Waals surface area contributed by atoms with Gasteiger partial charge in [-0.05, 0) is 50.1 Å². The summed E-state index contributed by atoms with van der Waals surface area (Å²) in [4.78, 5) is 4.57. The van der Waals surface area contributed by atoms with Gasteiger partial charge in [-0.2, -0.15) is 0 Å². The largest absolute Gasteiger partial charge is 0.373 e. The van der Waals surface area contributed by atoms with Gasteiger partial charge in [0, 0.05) is 32.7 Å². The van der Waals surface area contributed by atoms with Gasteiger partial charge in [-0.1, -0.05) is 42.0 Å². The molecule has 2 atom stereocenters. The van der Waals surface area contributed by atoms with Gasteiger partial charge in [0.25, 0.3) is 0 Å². The number of hydrogen-bond acceptors (Lipinski definition) is 4. The van der Waals surface area contributed by atoms with Gasteiger partial charge in [0.15, 0.2) is 5.96 Å². The molecular weight excluding hydrogens is 539 g/mol. The van der Waals surface area contributed by atoms with E-state index in [4.69, 9.17) is 4.74 Å². The van der Waals surface area contributed by atoms with Crippen LogP contribution in [-0.4, -0.2) is 41.6 Å². The summed E-state index contributed by atoms with van der Waals surface area (Å²) >= 11 is 0. The molecule has 2 aromatic rings. The molecule has 0 aliphatic carbocycles. The summed E-state index contributed by atoms with van der Waals surface area (Å²) in [7, 11) is -0.274. The lowest BCUT2D eigenvalue weighted by molar-refractivity contribution is -0.0265. The first-order valence-electron chi connectivity index (χ1n) is 10.6. The van der Waals surface area contributed by atoms with Gasteiger partial charge >= 0.3 is 0 Å². The lowest BCUT2D eigenvalue weighted by Gasteiger charge is -2.32. The summed E-state index contributed by atoms with van der Waals surface area (Å²) in [6, 6.07) is 15.4. The highest BCUT2D eigenvalue weighted by atomic mass is 127. The minimum Gasteiger partial charge on any atom is -0.373 e. The standard InChI is InChI=1S/C23H32N4O3S.HI/c1-17-6-10-19(11-7-17)22-20(5-4-14-30-22)16-27-23(24-2)26-15-18-8-12-21(13-9-18)31(28,29)25-3;/h6-13,20,22,25H,4-5,14-16H2,1-3H3,(H2,24,26,27);1H. The molecule has 3 rings (SSSR count). The average molecular weight is 573 g/mol. The van der Waals surface area contributed by atoms with Gasteiger partial charge in [-0.3, -0.25) is 4.99 Å². The van der Waals surface area contributed by atoms with Gasteiger partial charge in [0.2, 0.25) is 10.0 Å². The lowest BCUT2D eigenvalue weighted by atomic mass is 9.89. The van der Waals surface area contributed by atoms with Gasteiger partial charge < -0.3 is 15.4 Å². The third-order valence-corrected chi connectivity index (χ3v) is 7.00. The van der Waals surface area contributed by atoms with Crippen molar-refractivity contribution in [3.63, 3.8) is 0 Å². The molecule has 0 spiro atoms. The van der Waals surface area contributed by atoms with Gasteiger partial charge in [0.05, 0.1) is 11.0 Å². The quantitative estimate of drug-likeness (QED) is 0.269. The van der Waals surface area contributed by atoms with E-state index in [1.54, 1.807) is 31.3 Å². The summed E-state index contributed by atoms with van der Waals surface area (Å²) in [6.07, 6.45) is 2.24. The van der Waals surface area contributed by atoms with E-state index in [9.17, 15) is 8.42 Å². The number of nitrogens with one attached hydrogen (secondary N) is 3. The predicted molar refractivity (Wildman–Crippen MR) is 139 cm³/mol.